The van der Waals surface area contributed by atoms with Gasteiger partial charge in [0, 0.05) is 31.4 Å². The number of aryl methyl sites for hydroxylation is 1. The summed E-state index contributed by atoms with van der Waals surface area (Å²) < 4.78 is 1.59. The van der Waals surface area contributed by atoms with Crippen molar-refractivity contribution in [1.29, 1.82) is 0 Å². The van der Waals surface area contributed by atoms with E-state index < -0.39 is 0 Å². The molecule has 8 nitrogen and oxygen atoms in total. The van der Waals surface area contributed by atoms with Gasteiger partial charge in [-0.1, -0.05) is 36.4 Å². The lowest BCUT2D eigenvalue weighted by atomic mass is 10.1. The predicted octanol–water partition coefficient (Wildman–Crippen LogP) is 2.79. The Morgan fingerprint density at radius 2 is 1.86 bits per heavy atom. The molecule has 150 valence electrons. The van der Waals surface area contributed by atoms with Gasteiger partial charge in [-0.3, -0.25) is 4.90 Å². The number of nitrogens with one attached hydrogen (secondary N) is 2. The molecule has 0 bridgehead atoms. The minimum Gasteiger partial charge on any atom is -0.334 e. The highest BCUT2D eigenvalue weighted by molar-refractivity contribution is 5.89. The summed E-state index contributed by atoms with van der Waals surface area (Å²) in [7, 11) is 1.78. The second-order valence-electron chi connectivity index (χ2n) is 7.32. The van der Waals surface area contributed by atoms with Crippen LogP contribution < -0.4 is 10.6 Å². The largest absolute Gasteiger partial charge is 0.334 e. The Morgan fingerprint density at radius 3 is 2.66 bits per heavy atom. The first-order chi connectivity index (χ1) is 14.2. The van der Waals surface area contributed by atoms with Gasteiger partial charge in [0.15, 0.2) is 5.82 Å². The smallest absolute Gasteiger partial charge is 0.319 e. The van der Waals surface area contributed by atoms with Crippen LogP contribution in [0.15, 0.2) is 48.5 Å². The fourth-order valence-electron chi connectivity index (χ4n) is 3.60. The average Bonchev–Trinajstić information content (AvgIpc) is 3.38. The number of nitrogens with zero attached hydrogens (tertiary/aromatic N) is 5. The number of hydrogen-bond donors (Lipinski definition) is 2. The van der Waals surface area contributed by atoms with Gasteiger partial charge < -0.3 is 10.6 Å². The standard InChI is InChI=1S/C21H25N7O/c1-27-20(24-25-26-27)18-8-5-9-19(13-18)23-21(29)22-14-16-6-4-7-17(12-16)15-28-10-2-3-11-28/h4-9,12-13H,2-3,10-11,14-15H2,1H3,(H2,22,23,29). The summed E-state index contributed by atoms with van der Waals surface area (Å²) in [6.45, 7) is 3.80. The molecule has 2 N–H and O–H groups in total. The number of tetrazole rings is 1. The molecule has 3 aromatic rings. The Morgan fingerprint density at radius 1 is 1.07 bits per heavy atom. The van der Waals surface area contributed by atoms with Crippen LogP contribution in [0.2, 0.25) is 0 Å². The summed E-state index contributed by atoms with van der Waals surface area (Å²) in [4.78, 5) is 14.8. The lowest BCUT2D eigenvalue weighted by Crippen LogP contribution is -2.28. The average molecular weight is 391 g/mol. The van der Waals surface area contributed by atoms with E-state index in [0.29, 0.717) is 18.1 Å². The lowest BCUT2D eigenvalue weighted by molar-refractivity contribution is 0.251. The summed E-state index contributed by atoms with van der Waals surface area (Å²) >= 11 is 0. The van der Waals surface area contributed by atoms with E-state index in [2.05, 4.69) is 49.3 Å². The van der Waals surface area contributed by atoms with E-state index in [9.17, 15) is 4.79 Å². The normalized spacial score (nSPS) is 14.1. The van der Waals surface area contributed by atoms with Crippen molar-refractivity contribution in [3.8, 4) is 11.4 Å². The molecule has 1 aromatic heterocycles. The van der Waals surface area contributed by atoms with Crippen LogP contribution in [0.3, 0.4) is 0 Å². The van der Waals surface area contributed by atoms with Crippen LogP contribution in [0.25, 0.3) is 11.4 Å². The van der Waals surface area contributed by atoms with Crippen LogP contribution in [0, 0.1) is 0 Å². The first-order valence-corrected chi connectivity index (χ1v) is 9.85. The predicted molar refractivity (Wildman–Crippen MR) is 111 cm³/mol. The molecule has 1 aliphatic heterocycles. The van der Waals surface area contributed by atoms with Crippen molar-refractivity contribution in [3.05, 3.63) is 59.7 Å². The lowest BCUT2D eigenvalue weighted by Gasteiger charge is -2.15. The maximum absolute atomic E-state index is 12.3. The van der Waals surface area contributed by atoms with Gasteiger partial charge in [0.1, 0.15) is 0 Å². The summed E-state index contributed by atoms with van der Waals surface area (Å²) in [6.07, 6.45) is 2.57. The van der Waals surface area contributed by atoms with Crippen LogP contribution in [-0.2, 0) is 20.1 Å². The van der Waals surface area contributed by atoms with E-state index in [1.54, 1.807) is 11.7 Å². The number of carbonyl (C=O) groups excluding carboxylic acids is 1. The number of benzene rings is 2. The molecule has 1 saturated heterocycles. The molecule has 1 fully saturated rings. The maximum Gasteiger partial charge on any atom is 0.319 e. The minimum absolute atomic E-state index is 0.247. The first kappa shape index (κ1) is 19.1. The third kappa shape index (κ3) is 4.97. The molecule has 2 amide bonds. The van der Waals surface area contributed by atoms with Crippen LogP contribution in [-0.4, -0.2) is 44.2 Å². The SMILES string of the molecule is Cn1nnnc1-c1cccc(NC(=O)NCc2cccc(CN3CCCC3)c2)c1. The van der Waals surface area contributed by atoms with E-state index in [4.69, 9.17) is 0 Å². The molecule has 0 radical (unpaired) electrons. The molecule has 29 heavy (non-hydrogen) atoms. The van der Waals surface area contributed by atoms with Gasteiger partial charge in [-0.05, 0) is 59.6 Å². The van der Waals surface area contributed by atoms with Crippen molar-refractivity contribution >= 4 is 11.7 Å². The molecule has 0 aliphatic carbocycles. The fourth-order valence-corrected chi connectivity index (χ4v) is 3.60. The van der Waals surface area contributed by atoms with Crippen molar-refractivity contribution in [2.24, 2.45) is 7.05 Å². The fraction of sp³-hybridized carbons (Fsp3) is 0.333. The van der Waals surface area contributed by atoms with E-state index in [-0.39, 0.29) is 6.03 Å². The number of hydrogen-bond acceptors (Lipinski definition) is 5. The van der Waals surface area contributed by atoms with Crippen molar-refractivity contribution in [2.75, 3.05) is 18.4 Å². The third-order valence-electron chi connectivity index (χ3n) is 5.05. The number of carbonyl (C=O) groups is 1. The maximum atomic E-state index is 12.3. The molecule has 8 heteroatoms. The van der Waals surface area contributed by atoms with Crippen LogP contribution in [0.1, 0.15) is 24.0 Å². The van der Waals surface area contributed by atoms with Crippen LogP contribution in [0.4, 0.5) is 10.5 Å². The number of aromatic nitrogens is 4. The zero-order valence-electron chi connectivity index (χ0n) is 16.5. The molecule has 0 spiro atoms. The van der Waals surface area contributed by atoms with Crippen molar-refractivity contribution in [2.45, 2.75) is 25.9 Å². The summed E-state index contributed by atoms with van der Waals surface area (Å²) in [5.74, 6) is 0.642. The van der Waals surface area contributed by atoms with Crippen LogP contribution >= 0.6 is 0 Å². The van der Waals surface area contributed by atoms with Gasteiger partial charge in [0.2, 0.25) is 0 Å². The number of amides is 2. The molecule has 4 rings (SSSR count). The molecule has 2 heterocycles. The van der Waals surface area contributed by atoms with Crippen molar-refractivity contribution in [1.82, 2.24) is 30.4 Å². The molecule has 1 aliphatic rings. The number of rotatable bonds is 6. The molecular formula is C21H25N7O. The highest BCUT2D eigenvalue weighted by Gasteiger charge is 2.12. The summed E-state index contributed by atoms with van der Waals surface area (Å²) in [6, 6.07) is 15.6. The van der Waals surface area contributed by atoms with Gasteiger partial charge >= 0.3 is 6.03 Å². The Bertz CT molecular complexity index is 978. The number of anilines is 1. The van der Waals surface area contributed by atoms with Gasteiger partial charge in [0.05, 0.1) is 0 Å². The van der Waals surface area contributed by atoms with E-state index >= 15 is 0 Å². The Kier molecular flexibility index (Phi) is 5.81. The van der Waals surface area contributed by atoms with Gasteiger partial charge in [-0.2, -0.15) is 0 Å². The van der Waals surface area contributed by atoms with Gasteiger partial charge in [-0.15, -0.1) is 5.10 Å². The van der Waals surface area contributed by atoms with E-state index in [0.717, 1.165) is 17.7 Å². The summed E-state index contributed by atoms with van der Waals surface area (Å²) in [5.41, 5.74) is 3.91. The molecule has 0 atom stereocenters. The summed E-state index contributed by atoms with van der Waals surface area (Å²) in [5, 5.41) is 17.3. The second kappa shape index (κ2) is 8.83. The number of likely N-dealkylation sites (tertiary alicyclic amines) is 1. The van der Waals surface area contributed by atoms with Crippen LogP contribution in [0.5, 0.6) is 0 Å². The number of urea groups is 1. The molecule has 0 unspecified atom stereocenters. The Balaban J connectivity index is 1.33. The zero-order valence-corrected chi connectivity index (χ0v) is 16.5. The topological polar surface area (TPSA) is 88.0 Å². The molecular weight excluding hydrogens is 366 g/mol. The van der Waals surface area contributed by atoms with E-state index in [1.807, 2.05) is 30.3 Å². The zero-order chi connectivity index (χ0) is 20.1. The molecule has 0 saturated carbocycles. The first-order valence-electron chi connectivity index (χ1n) is 9.85. The third-order valence-corrected chi connectivity index (χ3v) is 5.05. The quantitative estimate of drug-likeness (QED) is 0.675. The monoisotopic (exact) mass is 391 g/mol. The van der Waals surface area contributed by atoms with Crippen molar-refractivity contribution < 1.29 is 4.79 Å². The highest BCUT2D eigenvalue weighted by Crippen LogP contribution is 2.19. The van der Waals surface area contributed by atoms with E-state index in [1.165, 1.54) is 31.5 Å². The minimum atomic E-state index is -0.247. The Labute approximate surface area is 169 Å². The molecule has 2 aromatic carbocycles. The van der Waals surface area contributed by atoms with Crippen molar-refractivity contribution in [3.63, 3.8) is 0 Å². The Hall–Kier alpha value is -3.26. The second-order valence-corrected chi connectivity index (χ2v) is 7.32. The highest BCUT2D eigenvalue weighted by atomic mass is 16.2. The van der Waals surface area contributed by atoms with Gasteiger partial charge in [0.25, 0.3) is 0 Å². The van der Waals surface area contributed by atoms with Gasteiger partial charge in [-0.25, -0.2) is 9.48 Å².